The third-order valence-corrected chi connectivity index (χ3v) is 8.00. The molecule has 0 saturated carbocycles. The maximum Gasteiger partial charge on any atom is 0.258 e. The lowest BCUT2D eigenvalue weighted by Crippen LogP contribution is -2.52. The Kier molecular flexibility index (Phi) is 7.72. The van der Waals surface area contributed by atoms with Crippen LogP contribution in [-0.2, 0) is 14.8 Å². The number of alkyl halides is 1. The summed E-state index contributed by atoms with van der Waals surface area (Å²) in [6.07, 6.45) is 2.07. The topological polar surface area (TPSA) is 90.3 Å². The standard InChI is InChI=1S/C22H20BrClFN3O3S/c23-16-7-8-20(18(15-16)17-5-1-2-6-19(17)24)32(30,31)28-13-9-22(25,10-14-28)21(29)27-12-4-3-11-26/h1-8,15H,9-10,12-14H2,(H,27,29)/b4-3+. The molecule has 0 spiro atoms. The lowest BCUT2D eigenvalue weighted by atomic mass is 9.93. The van der Waals surface area contributed by atoms with Gasteiger partial charge in [-0.05, 0) is 24.3 Å². The maximum absolute atomic E-state index is 15.1. The number of carbonyl (C=O) groups excluding carboxylic acids is 1. The Morgan fingerprint density at radius 3 is 2.59 bits per heavy atom. The summed E-state index contributed by atoms with van der Waals surface area (Å²) in [6, 6.07) is 13.5. The molecule has 0 radical (unpaired) electrons. The second kappa shape index (κ2) is 10.1. The van der Waals surface area contributed by atoms with Crippen LogP contribution in [0.25, 0.3) is 11.1 Å². The predicted molar refractivity (Wildman–Crippen MR) is 124 cm³/mol. The van der Waals surface area contributed by atoms with Crippen LogP contribution in [-0.4, -0.2) is 43.9 Å². The number of nitriles is 1. The van der Waals surface area contributed by atoms with E-state index in [1.54, 1.807) is 42.5 Å². The molecule has 0 aliphatic carbocycles. The molecule has 10 heteroatoms. The van der Waals surface area contributed by atoms with Gasteiger partial charge in [0.25, 0.3) is 5.91 Å². The minimum absolute atomic E-state index is 0.0279. The summed E-state index contributed by atoms with van der Waals surface area (Å²) in [7, 11) is -3.97. The molecule has 3 rings (SSSR count). The molecule has 0 aromatic heterocycles. The van der Waals surface area contributed by atoms with Crippen molar-refractivity contribution < 1.29 is 17.6 Å². The first-order valence-electron chi connectivity index (χ1n) is 9.75. The van der Waals surface area contributed by atoms with Gasteiger partial charge in [-0.2, -0.15) is 9.57 Å². The van der Waals surface area contributed by atoms with E-state index in [-0.39, 0.29) is 37.4 Å². The van der Waals surface area contributed by atoms with Crippen molar-refractivity contribution >= 4 is 43.5 Å². The van der Waals surface area contributed by atoms with Gasteiger partial charge in [0.2, 0.25) is 10.0 Å². The normalized spacial score (nSPS) is 16.6. The Morgan fingerprint density at radius 1 is 1.25 bits per heavy atom. The number of piperidine rings is 1. The molecule has 0 atom stereocenters. The third-order valence-electron chi connectivity index (χ3n) is 5.22. The quantitative estimate of drug-likeness (QED) is 0.548. The molecule has 0 unspecified atom stereocenters. The van der Waals surface area contributed by atoms with Crippen LogP contribution in [0.1, 0.15) is 12.8 Å². The summed E-state index contributed by atoms with van der Waals surface area (Å²) in [5.74, 6) is -0.808. The van der Waals surface area contributed by atoms with Gasteiger partial charge in [-0.1, -0.05) is 51.8 Å². The molecular weight excluding hydrogens is 521 g/mol. The fourth-order valence-electron chi connectivity index (χ4n) is 3.49. The molecule has 1 N–H and O–H groups in total. The number of nitrogens with one attached hydrogen (secondary N) is 1. The van der Waals surface area contributed by atoms with Crippen molar-refractivity contribution in [1.29, 1.82) is 5.26 Å². The van der Waals surface area contributed by atoms with Gasteiger partial charge in [0.1, 0.15) is 0 Å². The lowest BCUT2D eigenvalue weighted by Gasteiger charge is -2.35. The van der Waals surface area contributed by atoms with Crippen LogP contribution < -0.4 is 5.32 Å². The van der Waals surface area contributed by atoms with Crippen LogP contribution in [0.3, 0.4) is 0 Å². The van der Waals surface area contributed by atoms with E-state index in [9.17, 15) is 13.2 Å². The number of sulfonamides is 1. The van der Waals surface area contributed by atoms with Gasteiger partial charge in [0.15, 0.2) is 5.67 Å². The number of halogens is 3. The van der Waals surface area contributed by atoms with Crippen LogP contribution >= 0.6 is 27.5 Å². The molecule has 1 amide bonds. The maximum atomic E-state index is 15.1. The van der Waals surface area contributed by atoms with Crippen LogP contribution in [0.4, 0.5) is 4.39 Å². The van der Waals surface area contributed by atoms with E-state index >= 15 is 4.39 Å². The highest BCUT2D eigenvalue weighted by Crippen LogP contribution is 2.37. The zero-order valence-corrected chi connectivity index (χ0v) is 20.1. The van der Waals surface area contributed by atoms with E-state index in [4.69, 9.17) is 16.9 Å². The van der Waals surface area contributed by atoms with Crippen molar-refractivity contribution in [3.63, 3.8) is 0 Å². The molecule has 1 heterocycles. The largest absolute Gasteiger partial charge is 0.350 e. The van der Waals surface area contributed by atoms with Crippen molar-refractivity contribution in [3.8, 4) is 17.2 Å². The fourth-order valence-corrected chi connectivity index (χ4v) is 5.71. The second-order valence-corrected chi connectivity index (χ2v) is 10.5. The number of allylic oxidation sites excluding steroid dienone is 1. The summed E-state index contributed by atoms with van der Waals surface area (Å²) in [4.78, 5) is 12.3. The molecule has 1 aliphatic heterocycles. The summed E-state index contributed by atoms with van der Waals surface area (Å²) in [5.41, 5.74) is -1.17. The van der Waals surface area contributed by atoms with Crippen molar-refractivity contribution in [3.05, 3.63) is 64.1 Å². The van der Waals surface area contributed by atoms with Crippen molar-refractivity contribution in [2.45, 2.75) is 23.4 Å². The first-order chi connectivity index (χ1) is 15.2. The van der Waals surface area contributed by atoms with Crippen LogP contribution in [0.15, 0.2) is 64.0 Å². The third kappa shape index (κ3) is 5.21. The van der Waals surface area contributed by atoms with Crippen LogP contribution in [0.5, 0.6) is 0 Å². The molecule has 6 nitrogen and oxygen atoms in total. The molecule has 1 aliphatic rings. The van der Waals surface area contributed by atoms with Crippen molar-refractivity contribution in [2.75, 3.05) is 19.6 Å². The highest BCUT2D eigenvalue weighted by Gasteiger charge is 2.44. The molecule has 168 valence electrons. The zero-order chi connectivity index (χ0) is 23.4. The van der Waals surface area contributed by atoms with Gasteiger partial charge in [0.05, 0.1) is 11.0 Å². The Hall–Kier alpha value is -2.25. The van der Waals surface area contributed by atoms with Gasteiger partial charge >= 0.3 is 0 Å². The van der Waals surface area contributed by atoms with Crippen molar-refractivity contribution in [1.82, 2.24) is 9.62 Å². The smallest absolute Gasteiger partial charge is 0.258 e. The molecule has 1 fully saturated rings. The first-order valence-corrected chi connectivity index (χ1v) is 12.4. The SMILES string of the molecule is N#C/C=C/CNC(=O)C1(F)CCN(S(=O)(=O)c2ccc(Br)cc2-c2ccccc2Cl)CC1. The molecule has 2 aromatic rings. The van der Waals surface area contributed by atoms with Gasteiger partial charge < -0.3 is 5.32 Å². The number of hydrogen-bond donors (Lipinski definition) is 1. The second-order valence-electron chi connectivity index (χ2n) is 7.23. The molecule has 0 bridgehead atoms. The van der Waals surface area contributed by atoms with E-state index in [2.05, 4.69) is 21.2 Å². The monoisotopic (exact) mass is 539 g/mol. The van der Waals surface area contributed by atoms with Crippen LogP contribution in [0, 0.1) is 11.3 Å². The van der Waals surface area contributed by atoms with Crippen molar-refractivity contribution in [2.24, 2.45) is 0 Å². The van der Waals surface area contributed by atoms with E-state index in [1.165, 1.54) is 22.5 Å². The number of carbonyl (C=O) groups is 1. The Morgan fingerprint density at radius 2 is 1.94 bits per heavy atom. The highest BCUT2D eigenvalue weighted by atomic mass is 79.9. The first kappa shape index (κ1) is 24.4. The Labute approximate surface area is 199 Å². The number of amides is 1. The van der Waals surface area contributed by atoms with Gasteiger partial charge in [0, 0.05) is 59.2 Å². The number of benzene rings is 2. The molecular formula is C22H20BrClFN3O3S. The molecule has 32 heavy (non-hydrogen) atoms. The average molecular weight is 541 g/mol. The molecule has 2 aromatic carbocycles. The average Bonchev–Trinajstić information content (AvgIpc) is 2.77. The summed E-state index contributed by atoms with van der Waals surface area (Å²) < 4.78 is 43.9. The molecule has 1 saturated heterocycles. The number of rotatable bonds is 6. The Balaban J connectivity index is 1.83. The summed E-state index contributed by atoms with van der Waals surface area (Å²) >= 11 is 9.69. The lowest BCUT2D eigenvalue weighted by molar-refractivity contribution is -0.135. The minimum Gasteiger partial charge on any atom is -0.350 e. The Bertz CT molecular complexity index is 1190. The fraction of sp³-hybridized carbons (Fsp3) is 0.273. The number of hydrogen-bond acceptors (Lipinski definition) is 4. The van der Waals surface area contributed by atoms with E-state index < -0.39 is 21.6 Å². The van der Waals surface area contributed by atoms with Crippen LogP contribution in [0.2, 0.25) is 5.02 Å². The van der Waals surface area contributed by atoms with E-state index in [0.717, 1.165) is 0 Å². The van der Waals surface area contributed by atoms with Gasteiger partial charge in [-0.3, -0.25) is 4.79 Å². The summed E-state index contributed by atoms with van der Waals surface area (Å²) in [5, 5.41) is 11.3. The summed E-state index contributed by atoms with van der Waals surface area (Å²) in [6.45, 7) is -0.253. The minimum atomic E-state index is -3.97. The zero-order valence-electron chi connectivity index (χ0n) is 16.9. The van der Waals surface area contributed by atoms with E-state index in [1.807, 2.05) is 0 Å². The number of nitrogens with zero attached hydrogens (tertiary/aromatic N) is 2. The highest BCUT2D eigenvalue weighted by molar-refractivity contribution is 9.10. The van der Waals surface area contributed by atoms with Gasteiger partial charge in [-0.25, -0.2) is 12.8 Å². The van der Waals surface area contributed by atoms with E-state index in [0.29, 0.717) is 20.6 Å². The van der Waals surface area contributed by atoms with Gasteiger partial charge in [-0.15, -0.1) is 0 Å². The predicted octanol–water partition coefficient (Wildman–Crippen LogP) is 4.46.